The van der Waals surface area contributed by atoms with Crippen molar-refractivity contribution in [3.8, 4) is 0 Å². The number of rotatable bonds is 6. The Bertz CT molecular complexity index is 1630. The fourth-order valence-corrected chi connectivity index (χ4v) is 10.1. The molecule has 2 aromatic rings. The topological polar surface area (TPSA) is 119 Å². The number of ketones is 2. The normalized spacial score (nSPS) is 38.3. The van der Waals surface area contributed by atoms with Gasteiger partial charge in [-0.2, -0.15) is 0 Å². The van der Waals surface area contributed by atoms with Crippen molar-refractivity contribution in [1.29, 1.82) is 0 Å². The summed E-state index contributed by atoms with van der Waals surface area (Å²) in [6.07, 6.45) is 5.90. The predicted octanol–water partition coefficient (Wildman–Crippen LogP) is 5.10. The molecule has 1 heterocycles. The van der Waals surface area contributed by atoms with Gasteiger partial charge in [-0.15, -0.1) is 0 Å². The average Bonchev–Trinajstić information content (AvgIpc) is 3.50. The van der Waals surface area contributed by atoms with Crippen LogP contribution in [0.4, 0.5) is 10.1 Å². The lowest BCUT2D eigenvalue weighted by Crippen LogP contribution is -2.63. The second-order valence-corrected chi connectivity index (χ2v) is 14.3. The summed E-state index contributed by atoms with van der Waals surface area (Å²) in [7, 11) is 0. The van der Waals surface area contributed by atoms with Crippen LogP contribution in [0, 0.1) is 41.3 Å². The summed E-state index contributed by atoms with van der Waals surface area (Å²) in [5.74, 6) is -1.07. The molecule has 1 aliphatic heterocycles. The Hall–Kier alpha value is -3.17. The quantitative estimate of drug-likeness (QED) is 0.387. The lowest BCUT2D eigenvalue weighted by Gasteiger charge is -2.59. The van der Waals surface area contributed by atoms with Crippen LogP contribution in [-0.4, -0.2) is 46.2 Å². The molecule has 5 aliphatic rings. The Morgan fingerprint density at radius 3 is 2.64 bits per heavy atom. The molecule has 8 heteroatoms. The molecule has 4 fully saturated rings. The monoisotopic (exact) mass is 615 g/mol. The van der Waals surface area contributed by atoms with Crippen molar-refractivity contribution in [2.45, 2.75) is 83.4 Å². The van der Waals surface area contributed by atoms with E-state index in [1.165, 1.54) is 0 Å². The van der Waals surface area contributed by atoms with Gasteiger partial charge in [0.05, 0.1) is 12.2 Å². The summed E-state index contributed by atoms with van der Waals surface area (Å²) >= 11 is 0. The molecule has 0 bridgehead atoms. The molecular formula is C37H42FNO6. The maximum absolute atomic E-state index is 16.3. The first-order valence-corrected chi connectivity index (χ1v) is 16.2. The number of fused-ring (bicyclic) bond motifs is 7. The third-order valence-corrected chi connectivity index (χ3v) is 12.2. The van der Waals surface area contributed by atoms with E-state index in [0.717, 1.165) is 24.0 Å². The van der Waals surface area contributed by atoms with Crippen LogP contribution < -0.4 is 5.73 Å². The molecule has 0 spiro atoms. The number of nitrogens with two attached hydrogens (primary N) is 1. The van der Waals surface area contributed by atoms with Crippen LogP contribution >= 0.6 is 0 Å². The van der Waals surface area contributed by atoms with E-state index in [1.807, 2.05) is 43.3 Å². The zero-order chi connectivity index (χ0) is 31.9. The van der Waals surface area contributed by atoms with E-state index in [0.29, 0.717) is 36.1 Å². The van der Waals surface area contributed by atoms with Crippen molar-refractivity contribution in [3.05, 3.63) is 88.3 Å². The number of halogens is 1. The molecule has 4 N–H and O–H groups in total. The second kappa shape index (κ2) is 10.7. The number of aryl methyl sites for hydroxylation is 3. The number of benzene rings is 2. The number of carbonyl (C=O) groups excluding carboxylic acids is 2. The number of nitrogen functional groups attached to an aromatic ring is 1. The molecule has 4 aliphatic carbocycles. The second-order valence-electron chi connectivity index (χ2n) is 14.3. The summed E-state index contributed by atoms with van der Waals surface area (Å²) < 4.78 is 29.5. The van der Waals surface area contributed by atoms with Gasteiger partial charge in [0.25, 0.3) is 0 Å². The maximum Gasteiger partial charge on any atom is 0.193 e. The van der Waals surface area contributed by atoms with Crippen molar-refractivity contribution >= 4 is 17.3 Å². The van der Waals surface area contributed by atoms with Gasteiger partial charge < -0.3 is 25.4 Å². The number of aliphatic hydroxyl groups is 2. The molecule has 3 saturated carbocycles. The third kappa shape index (κ3) is 4.29. The van der Waals surface area contributed by atoms with Crippen LogP contribution in [0.5, 0.6) is 0 Å². The first kappa shape index (κ1) is 30.5. The number of hydrogen-bond donors (Lipinski definition) is 3. The van der Waals surface area contributed by atoms with Gasteiger partial charge >= 0.3 is 0 Å². The largest absolute Gasteiger partial charge is 0.399 e. The van der Waals surface area contributed by atoms with Crippen LogP contribution in [0.2, 0.25) is 0 Å². The highest BCUT2D eigenvalue weighted by molar-refractivity contribution is 6.01. The van der Waals surface area contributed by atoms with Crippen LogP contribution in [0.25, 0.3) is 0 Å². The fraction of sp³-hybridized carbons (Fsp3) is 0.514. The number of ether oxygens (including phenoxy) is 2. The Balaban J connectivity index is 1.22. The first-order chi connectivity index (χ1) is 21.4. The van der Waals surface area contributed by atoms with Crippen LogP contribution in [0.1, 0.15) is 68.1 Å². The molecule has 0 radical (unpaired) electrons. The van der Waals surface area contributed by atoms with Gasteiger partial charge in [0.15, 0.2) is 23.5 Å². The molecule has 1 saturated heterocycles. The van der Waals surface area contributed by atoms with E-state index in [2.05, 4.69) is 6.92 Å². The van der Waals surface area contributed by atoms with Crippen molar-refractivity contribution in [2.24, 2.45) is 28.6 Å². The molecule has 9 atom stereocenters. The standard InChI is InChI=1S/C37H42FNO6/c1-20-8-9-22(11-10-21-6-4-5-7-27(21)39)33(38)31(20)34-44-30-17-26-25-13-12-23-16-24(41)14-15-35(23,2)32(25)28(42)18-36(26,3)37(30,45-34)29(43)19-40/h4-9,14-16,25-26,28,30,32,34,40,42H,10-13,17-19,39H2,1-3H3/t25-,26-,28-,30+,32+,34+,35-,36-,37+/m0/s1. The smallest absolute Gasteiger partial charge is 0.193 e. The van der Waals surface area contributed by atoms with Crippen molar-refractivity contribution < 1.29 is 33.7 Å². The summed E-state index contributed by atoms with van der Waals surface area (Å²) in [6.45, 7) is 5.14. The number of aliphatic hydroxyl groups excluding tert-OH is 2. The third-order valence-electron chi connectivity index (χ3n) is 12.2. The highest BCUT2D eigenvalue weighted by Crippen LogP contribution is 2.70. The van der Waals surface area contributed by atoms with Gasteiger partial charge in [0, 0.05) is 28.0 Å². The number of para-hydroxylation sites is 1. The van der Waals surface area contributed by atoms with Crippen LogP contribution in [0.15, 0.2) is 60.2 Å². The average molecular weight is 616 g/mol. The number of hydrogen-bond acceptors (Lipinski definition) is 7. The van der Waals surface area contributed by atoms with Gasteiger partial charge in [0.1, 0.15) is 12.4 Å². The predicted molar refractivity (Wildman–Crippen MR) is 166 cm³/mol. The zero-order valence-electron chi connectivity index (χ0n) is 26.1. The Morgan fingerprint density at radius 2 is 1.89 bits per heavy atom. The molecule has 7 rings (SSSR count). The van der Waals surface area contributed by atoms with Crippen LogP contribution in [-0.2, 0) is 31.9 Å². The molecule has 45 heavy (non-hydrogen) atoms. The number of anilines is 1. The SMILES string of the molecule is Cc1ccc(CCc2ccccc2N)c(F)c1[C@@H]1O[C@@H]2C[C@H]3[C@@H]4CCC5=CC(=O)C=C[C@]5(C)[C@H]4[C@@H](O)C[C@]3(C)[C@]2(C(=O)CO)O1. The van der Waals surface area contributed by atoms with E-state index >= 15 is 4.39 Å². The lowest BCUT2D eigenvalue weighted by atomic mass is 9.46. The zero-order valence-corrected chi connectivity index (χ0v) is 26.1. The van der Waals surface area contributed by atoms with Gasteiger partial charge in [-0.3, -0.25) is 9.59 Å². The van der Waals surface area contributed by atoms with Gasteiger partial charge in [0.2, 0.25) is 0 Å². The summed E-state index contributed by atoms with van der Waals surface area (Å²) in [6, 6.07) is 11.2. The van der Waals surface area contributed by atoms with Crippen molar-refractivity contribution in [3.63, 3.8) is 0 Å². The van der Waals surface area contributed by atoms with E-state index < -0.39 is 53.1 Å². The minimum absolute atomic E-state index is 0.0254. The Kier molecular flexibility index (Phi) is 7.24. The van der Waals surface area contributed by atoms with E-state index in [1.54, 1.807) is 25.1 Å². The molecule has 0 unspecified atom stereocenters. The minimum Gasteiger partial charge on any atom is -0.399 e. The molecule has 2 aromatic carbocycles. The van der Waals surface area contributed by atoms with Crippen LogP contribution in [0.3, 0.4) is 0 Å². The van der Waals surface area contributed by atoms with Crippen molar-refractivity contribution in [2.75, 3.05) is 12.3 Å². The molecule has 0 amide bonds. The van der Waals surface area contributed by atoms with Gasteiger partial charge in [-0.1, -0.05) is 55.8 Å². The highest BCUT2D eigenvalue weighted by atomic mass is 19.1. The molecule has 0 aromatic heterocycles. The number of allylic oxidation sites excluding steroid dienone is 4. The van der Waals surface area contributed by atoms with Gasteiger partial charge in [-0.25, -0.2) is 4.39 Å². The number of Topliss-reactive ketones (excluding diaryl/α,β-unsaturated/α-hetero) is 1. The molecule has 7 nitrogen and oxygen atoms in total. The summed E-state index contributed by atoms with van der Waals surface area (Å²) in [4.78, 5) is 26.1. The van der Waals surface area contributed by atoms with Crippen molar-refractivity contribution in [1.82, 2.24) is 0 Å². The number of carbonyl (C=O) groups is 2. The van der Waals surface area contributed by atoms with Gasteiger partial charge in [-0.05, 0) is 92.2 Å². The lowest BCUT2D eigenvalue weighted by molar-refractivity contribution is -0.201. The first-order valence-electron chi connectivity index (χ1n) is 16.2. The fourth-order valence-electron chi connectivity index (χ4n) is 10.1. The molecule has 238 valence electrons. The van der Waals surface area contributed by atoms with E-state index in [-0.39, 0.29) is 35.5 Å². The summed E-state index contributed by atoms with van der Waals surface area (Å²) in [5.41, 5.74) is 7.34. The molecular weight excluding hydrogens is 573 g/mol. The minimum atomic E-state index is -1.54. The highest BCUT2D eigenvalue weighted by Gasteiger charge is 2.76. The van der Waals surface area contributed by atoms with E-state index in [4.69, 9.17) is 15.2 Å². The maximum atomic E-state index is 16.3. The Labute approximate surface area is 263 Å². The summed E-state index contributed by atoms with van der Waals surface area (Å²) in [5, 5.41) is 22.2. The Morgan fingerprint density at radius 1 is 1.13 bits per heavy atom. The van der Waals surface area contributed by atoms with E-state index in [9.17, 15) is 19.8 Å².